The van der Waals surface area contributed by atoms with Crippen LogP contribution in [0.3, 0.4) is 0 Å². The second-order valence-electron chi connectivity index (χ2n) is 7.18. The molecule has 1 heterocycles. The van der Waals surface area contributed by atoms with Gasteiger partial charge in [0.05, 0.1) is 31.5 Å². The van der Waals surface area contributed by atoms with Crippen LogP contribution in [-0.2, 0) is 19.0 Å². The standard InChI is InChI=1S/C17H28O5/c1-11(20-9-13-5-6-15-16(8-13)22-15)17(19)21-10-12-3-2-4-14(18)7-12/h11-16,18H,2-10H2,1H3. The summed E-state index contributed by atoms with van der Waals surface area (Å²) in [5.74, 6) is 0.520. The molecule has 0 spiro atoms. The number of carbonyl (C=O) groups is 1. The molecule has 3 fully saturated rings. The van der Waals surface area contributed by atoms with Gasteiger partial charge in [0.2, 0.25) is 0 Å². The van der Waals surface area contributed by atoms with Crippen LogP contribution in [0.2, 0.25) is 0 Å². The number of carbonyl (C=O) groups excluding carboxylic acids is 1. The molecule has 6 unspecified atom stereocenters. The van der Waals surface area contributed by atoms with E-state index in [1.807, 2.05) is 0 Å². The second kappa shape index (κ2) is 7.28. The van der Waals surface area contributed by atoms with Crippen LogP contribution in [0.1, 0.15) is 51.9 Å². The van der Waals surface area contributed by atoms with Crippen LogP contribution < -0.4 is 0 Å². The van der Waals surface area contributed by atoms with Crippen molar-refractivity contribution in [2.45, 2.75) is 76.3 Å². The van der Waals surface area contributed by atoms with Crippen molar-refractivity contribution >= 4 is 5.97 Å². The van der Waals surface area contributed by atoms with Gasteiger partial charge in [-0.15, -0.1) is 0 Å². The summed E-state index contributed by atoms with van der Waals surface area (Å²) in [4.78, 5) is 12.0. The van der Waals surface area contributed by atoms with Gasteiger partial charge in [-0.2, -0.15) is 0 Å². The Hall–Kier alpha value is -0.650. The molecule has 6 atom stereocenters. The van der Waals surface area contributed by atoms with Crippen LogP contribution in [0.25, 0.3) is 0 Å². The first-order chi connectivity index (χ1) is 10.6. The van der Waals surface area contributed by atoms with Gasteiger partial charge in [0.15, 0.2) is 6.10 Å². The number of ether oxygens (including phenoxy) is 3. The third-order valence-corrected chi connectivity index (χ3v) is 5.24. The molecular formula is C17H28O5. The van der Waals surface area contributed by atoms with Gasteiger partial charge in [-0.3, -0.25) is 0 Å². The molecule has 0 radical (unpaired) electrons. The quantitative estimate of drug-likeness (QED) is 0.600. The Morgan fingerprint density at radius 3 is 2.73 bits per heavy atom. The molecule has 0 aromatic rings. The average Bonchev–Trinajstić information content (AvgIpc) is 3.29. The van der Waals surface area contributed by atoms with Gasteiger partial charge >= 0.3 is 5.97 Å². The number of rotatable bonds is 6. The van der Waals surface area contributed by atoms with E-state index in [-0.39, 0.29) is 12.1 Å². The Kier molecular flexibility index (Phi) is 5.37. The second-order valence-corrected chi connectivity index (χ2v) is 7.18. The van der Waals surface area contributed by atoms with Gasteiger partial charge in [0.25, 0.3) is 0 Å². The lowest BCUT2D eigenvalue weighted by atomic mass is 9.88. The van der Waals surface area contributed by atoms with Gasteiger partial charge in [0, 0.05) is 0 Å². The van der Waals surface area contributed by atoms with Crippen LogP contribution >= 0.6 is 0 Å². The molecule has 0 aromatic carbocycles. The van der Waals surface area contributed by atoms with E-state index in [0.717, 1.165) is 44.9 Å². The van der Waals surface area contributed by atoms with E-state index < -0.39 is 6.10 Å². The normalized spacial score (nSPS) is 38.9. The Morgan fingerprint density at radius 2 is 1.95 bits per heavy atom. The predicted octanol–water partition coefficient (Wildman–Crippen LogP) is 2.05. The zero-order chi connectivity index (χ0) is 15.5. The molecule has 0 aromatic heterocycles. The number of epoxide rings is 1. The van der Waals surface area contributed by atoms with E-state index in [1.54, 1.807) is 6.92 Å². The average molecular weight is 312 g/mol. The summed E-state index contributed by atoms with van der Waals surface area (Å²) in [5, 5.41) is 9.63. The molecule has 2 saturated carbocycles. The molecule has 5 nitrogen and oxygen atoms in total. The molecule has 1 aliphatic heterocycles. The van der Waals surface area contributed by atoms with Gasteiger partial charge in [-0.1, -0.05) is 6.42 Å². The van der Waals surface area contributed by atoms with Crippen molar-refractivity contribution in [1.82, 2.24) is 0 Å². The Labute approximate surface area is 132 Å². The van der Waals surface area contributed by atoms with Crippen LogP contribution in [-0.4, -0.2) is 48.7 Å². The molecule has 0 amide bonds. The number of esters is 1. The number of hydrogen-bond acceptors (Lipinski definition) is 5. The van der Waals surface area contributed by atoms with Crippen LogP contribution in [0, 0.1) is 11.8 Å². The summed E-state index contributed by atoms with van der Waals surface area (Å²) in [5.41, 5.74) is 0. The molecule has 1 saturated heterocycles. The van der Waals surface area contributed by atoms with Crippen molar-refractivity contribution in [3.63, 3.8) is 0 Å². The zero-order valence-corrected chi connectivity index (χ0v) is 13.4. The van der Waals surface area contributed by atoms with Crippen LogP contribution in [0.5, 0.6) is 0 Å². The molecule has 0 bridgehead atoms. The minimum absolute atomic E-state index is 0.231. The minimum Gasteiger partial charge on any atom is -0.463 e. The Morgan fingerprint density at radius 1 is 1.14 bits per heavy atom. The van der Waals surface area contributed by atoms with E-state index >= 15 is 0 Å². The monoisotopic (exact) mass is 312 g/mol. The summed E-state index contributed by atoms with van der Waals surface area (Å²) in [6.45, 7) is 2.78. The van der Waals surface area contributed by atoms with E-state index in [0.29, 0.717) is 37.3 Å². The fourth-order valence-corrected chi connectivity index (χ4v) is 3.72. The van der Waals surface area contributed by atoms with Gasteiger partial charge < -0.3 is 19.3 Å². The van der Waals surface area contributed by atoms with E-state index in [2.05, 4.69) is 0 Å². The summed E-state index contributed by atoms with van der Waals surface area (Å²) >= 11 is 0. The maximum Gasteiger partial charge on any atom is 0.334 e. The van der Waals surface area contributed by atoms with Gasteiger partial charge in [-0.25, -0.2) is 4.79 Å². The predicted molar refractivity (Wildman–Crippen MR) is 80.3 cm³/mol. The highest BCUT2D eigenvalue weighted by Gasteiger charge is 2.43. The molecule has 1 N–H and O–H groups in total. The Bertz CT molecular complexity index is 385. The van der Waals surface area contributed by atoms with Crippen molar-refractivity contribution < 1.29 is 24.1 Å². The lowest BCUT2D eigenvalue weighted by molar-refractivity contribution is -0.159. The molecule has 5 heteroatoms. The third-order valence-electron chi connectivity index (χ3n) is 5.24. The summed E-state index contributed by atoms with van der Waals surface area (Å²) in [6, 6.07) is 0. The molecule has 126 valence electrons. The number of hydrogen-bond donors (Lipinski definition) is 1. The Balaban J connectivity index is 1.31. The number of aliphatic hydroxyl groups is 1. The third kappa shape index (κ3) is 4.43. The highest BCUT2D eigenvalue weighted by Crippen LogP contribution is 2.39. The van der Waals surface area contributed by atoms with Gasteiger partial charge in [0.1, 0.15) is 0 Å². The first kappa shape index (κ1) is 16.2. The van der Waals surface area contributed by atoms with Crippen molar-refractivity contribution in [3.8, 4) is 0 Å². The largest absolute Gasteiger partial charge is 0.463 e. The molecule has 2 aliphatic carbocycles. The first-order valence-corrected chi connectivity index (χ1v) is 8.73. The van der Waals surface area contributed by atoms with Crippen molar-refractivity contribution in [1.29, 1.82) is 0 Å². The topological polar surface area (TPSA) is 68.3 Å². The summed E-state index contributed by atoms with van der Waals surface area (Å²) in [7, 11) is 0. The molecule has 22 heavy (non-hydrogen) atoms. The first-order valence-electron chi connectivity index (χ1n) is 8.73. The maximum absolute atomic E-state index is 12.0. The molecule has 3 aliphatic rings. The smallest absolute Gasteiger partial charge is 0.334 e. The van der Waals surface area contributed by atoms with Gasteiger partial charge in [-0.05, 0) is 57.3 Å². The van der Waals surface area contributed by atoms with Crippen molar-refractivity contribution in [3.05, 3.63) is 0 Å². The SMILES string of the molecule is CC(OCC1CCC2OC2C1)C(=O)OCC1CCCC(O)C1. The molecule has 3 rings (SSSR count). The fraction of sp³-hybridized carbons (Fsp3) is 0.941. The molecular weight excluding hydrogens is 284 g/mol. The van der Waals surface area contributed by atoms with Crippen molar-refractivity contribution in [2.75, 3.05) is 13.2 Å². The summed E-state index contributed by atoms with van der Waals surface area (Å²) < 4.78 is 16.6. The lowest BCUT2D eigenvalue weighted by Crippen LogP contribution is -2.30. The van der Waals surface area contributed by atoms with E-state index in [9.17, 15) is 9.90 Å². The van der Waals surface area contributed by atoms with Crippen LogP contribution in [0.4, 0.5) is 0 Å². The summed E-state index contributed by atoms with van der Waals surface area (Å²) in [6.07, 6.45) is 7.19. The van der Waals surface area contributed by atoms with E-state index in [1.165, 1.54) is 0 Å². The van der Waals surface area contributed by atoms with Crippen molar-refractivity contribution in [2.24, 2.45) is 11.8 Å². The van der Waals surface area contributed by atoms with Crippen LogP contribution in [0.15, 0.2) is 0 Å². The van der Waals surface area contributed by atoms with E-state index in [4.69, 9.17) is 14.2 Å². The maximum atomic E-state index is 12.0. The highest BCUT2D eigenvalue weighted by molar-refractivity contribution is 5.74. The zero-order valence-electron chi connectivity index (χ0n) is 13.4. The lowest BCUT2D eigenvalue weighted by Gasteiger charge is -2.26. The highest BCUT2D eigenvalue weighted by atomic mass is 16.6. The minimum atomic E-state index is -0.508. The number of fused-ring (bicyclic) bond motifs is 1. The fourth-order valence-electron chi connectivity index (χ4n) is 3.72. The number of aliphatic hydroxyl groups excluding tert-OH is 1.